The van der Waals surface area contributed by atoms with E-state index in [2.05, 4.69) is 12.2 Å². The summed E-state index contributed by atoms with van der Waals surface area (Å²) < 4.78 is 63.9. The third-order valence-corrected chi connectivity index (χ3v) is 4.97. The van der Waals surface area contributed by atoms with E-state index in [0.29, 0.717) is 11.5 Å². The van der Waals surface area contributed by atoms with Crippen LogP contribution in [0.4, 0.5) is 21.7 Å². The molecule has 0 amide bonds. The first-order valence-corrected chi connectivity index (χ1v) is 10.6. The highest BCUT2D eigenvalue weighted by molar-refractivity contribution is 6.33. The first kappa shape index (κ1) is 28.2. The predicted molar refractivity (Wildman–Crippen MR) is 130 cm³/mol. The van der Waals surface area contributed by atoms with Crippen LogP contribution in [0.1, 0.15) is 11.1 Å². The Bertz CT molecular complexity index is 1250. The van der Waals surface area contributed by atoms with Crippen molar-refractivity contribution >= 4 is 24.6 Å². The fourth-order valence-electron chi connectivity index (χ4n) is 3.23. The van der Waals surface area contributed by atoms with Gasteiger partial charge < -0.3 is 9.44 Å². The van der Waals surface area contributed by atoms with Crippen LogP contribution in [0, 0.1) is 11.6 Å². The van der Waals surface area contributed by atoms with Gasteiger partial charge in [0.25, 0.3) is 0 Å². The lowest BCUT2D eigenvalue weighted by Gasteiger charge is -2.18. The molecule has 0 bridgehead atoms. The molecule has 2 nitrogen and oxygen atoms in total. The van der Waals surface area contributed by atoms with Crippen LogP contribution in [0.3, 0.4) is 0 Å². The zero-order chi connectivity index (χ0) is 25.4. The molecule has 0 N–H and O–H groups in total. The van der Waals surface area contributed by atoms with E-state index in [-0.39, 0.29) is 16.3 Å². The Hall–Kier alpha value is -4.01. The van der Waals surface area contributed by atoms with Crippen molar-refractivity contribution in [2.75, 3.05) is 14.1 Å². The number of hydrogen-bond acceptors (Lipinski definition) is 1. The SMILES string of the molecule is C[N+](C)=C1C=CC(=CC=C2C=C(c3ccc(F)cc3)C=C(c3ccc(F)cc3)O2)C=C1.FB(F)F.[F-]. The van der Waals surface area contributed by atoms with Gasteiger partial charge in [0.2, 0.25) is 0 Å². The van der Waals surface area contributed by atoms with Gasteiger partial charge in [0.15, 0.2) is 5.71 Å². The summed E-state index contributed by atoms with van der Waals surface area (Å²) in [6.45, 7) is 0. The van der Waals surface area contributed by atoms with Gasteiger partial charge >= 0.3 is 7.54 Å². The monoisotopic (exact) mass is 501 g/mol. The molecule has 36 heavy (non-hydrogen) atoms. The summed E-state index contributed by atoms with van der Waals surface area (Å²) in [5.41, 5.74) is 4.67. The molecule has 2 aromatic carbocycles. The lowest BCUT2D eigenvalue weighted by molar-refractivity contribution is -0.462. The molecule has 1 aliphatic heterocycles. The number of ether oxygens (including phenoxy) is 1. The van der Waals surface area contributed by atoms with Crippen LogP contribution in [0.2, 0.25) is 0 Å². The molecule has 1 heterocycles. The number of benzene rings is 2. The van der Waals surface area contributed by atoms with E-state index in [1.165, 1.54) is 24.3 Å². The standard InChI is InChI=1S/C27H22F2NO.BF3.FH/c1-30(2)25-14-3-19(4-15-25)5-16-26-17-22(20-6-10-23(28)11-7-20)18-27(31-26)21-8-12-24(29)13-9-21;2-1(3)4;/h3-18H,1-2H3;;1H/q+1;;/p-1. The summed E-state index contributed by atoms with van der Waals surface area (Å²) in [6.07, 6.45) is 15.8. The Morgan fingerprint density at radius 1 is 0.722 bits per heavy atom. The molecule has 1 aliphatic carbocycles. The van der Waals surface area contributed by atoms with Gasteiger partial charge in [0.1, 0.15) is 37.2 Å². The number of hydrogen-bond donors (Lipinski definition) is 0. The largest absolute Gasteiger partial charge is 1.00 e. The molecule has 9 heteroatoms. The average Bonchev–Trinajstić information content (AvgIpc) is 2.83. The molecule has 0 atom stereocenters. The van der Waals surface area contributed by atoms with Crippen molar-refractivity contribution in [1.82, 2.24) is 0 Å². The van der Waals surface area contributed by atoms with Crippen molar-refractivity contribution in [3.8, 4) is 0 Å². The fourth-order valence-corrected chi connectivity index (χ4v) is 3.23. The number of nitrogens with zero attached hydrogens (tertiary/aromatic N) is 1. The molecule has 4 rings (SSSR count). The Morgan fingerprint density at radius 3 is 1.72 bits per heavy atom. The summed E-state index contributed by atoms with van der Waals surface area (Å²) in [4.78, 5) is 0. The van der Waals surface area contributed by atoms with E-state index in [4.69, 9.17) is 4.74 Å². The lowest BCUT2D eigenvalue weighted by Crippen LogP contribution is -3.00. The molecule has 0 fully saturated rings. The minimum atomic E-state index is -3.67. The van der Waals surface area contributed by atoms with Crippen LogP contribution in [0.5, 0.6) is 0 Å². The summed E-state index contributed by atoms with van der Waals surface area (Å²) in [6, 6.07) is 12.5. The van der Waals surface area contributed by atoms with Gasteiger partial charge in [-0.15, -0.1) is 0 Å². The fraction of sp³-hybridized carbons (Fsp3) is 0.0741. The maximum Gasteiger partial charge on any atom is 0.762 e. The van der Waals surface area contributed by atoms with E-state index < -0.39 is 7.54 Å². The topological polar surface area (TPSA) is 12.2 Å². The summed E-state index contributed by atoms with van der Waals surface area (Å²) in [7, 11) is 0.337. The smallest absolute Gasteiger partial charge is 0.762 e. The van der Waals surface area contributed by atoms with Crippen LogP contribution in [-0.2, 0) is 4.74 Å². The Balaban J connectivity index is 0.000000850. The maximum absolute atomic E-state index is 13.4. The molecule has 0 radical (unpaired) electrons. The molecule has 0 spiro atoms. The van der Waals surface area contributed by atoms with Crippen LogP contribution >= 0.6 is 0 Å². The van der Waals surface area contributed by atoms with Gasteiger partial charge in [0.05, 0.1) is 0 Å². The van der Waals surface area contributed by atoms with Gasteiger partial charge in [-0.3, -0.25) is 12.9 Å². The third kappa shape index (κ3) is 8.34. The van der Waals surface area contributed by atoms with Crippen LogP contribution in [0.25, 0.3) is 11.3 Å². The van der Waals surface area contributed by atoms with Crippen LogP contribution in [0.15, 0.2) is 108 Å². The summed E-state index contributed by atoms with van der Waals surface area (Å²) in [5, 5.41) is 0. The highest BCUT2D eigenvalue weighted by Gasteiger charge is 2.14. The van der Waals surface area contributed by atoms with Gasteiger partial charge in [-0.1, -0.05) is 18.2 Å². The second-order valence-corrected chi connectivity index (χ2v) is 7.69. The van der Waals surface area contributed by atoms with Crippen molar-refractivity contribution in [3.05, 3.63) is 131 Å². The van der Waals surface area contributed by atoms with Gasteiger partial charge in [-0.2, -0.15) is 0 Å². The normalized spacial score (nSPS) is 15.1. The maximum atomic E-state index is 13.4. The highest BCUT2D eigenvalue weighted by atomic mass is 19.4. The Labute approximate surface area is 206 Å². The van der Waals surface area contributed by atoms with E-state index in [9.17, 15) is 21.7 Å². The minimum absolute atomic E-state index is 0. The van der Waals surface area contributed by atoms with Gasteiger partial charge in [-0.05, 0) is 83.5 Å². The molecular weight excluding hydrogens is 479 g/mol. The van der Waals surface area contributed by atoms with Crippen LogP contribution in [-0.4, -0.2) is 31.9 Å². The van der Waals surface area contributed by atoms with Crippen molar-refractivity contribution in [3.63, 3.8) is 0 Å². The van der Waals surface area contributed by atoms with Crippen LogP contribution < -0.4 is 4.70 Å². The Morgan fingerprint density at radius 2 is 1.22 bits per heavy atom. The molecular formula is C27H22BF6NO. The van der Waals surface area contributed by atoms with Crippen molar-refractivity contribution in [2.24, 2.45) is 0 Å². The Kier molecular flexibility index (Phi) is 10.3. The quantitative estimate of drug-likeness (QED) is 0.353. The molecule has 186 valence electrons. The number of halogens is 6. The van der Waals surface area contributed by atoms with Crippen molar-refractivity contribution in [1.29, 1.82) is 0 Å². The molecule has 0 saturated carbocycles. The first-order valence-electron chi connectivity index (χ1n) is 10.6. The average molecular weight is 501 g/mol. The molecule has 2 aromatic rings. The number of allylic oxidation sites excluding steroid dienone is 10. The summed E-state index contributed by atoms with van der Waals surface area (Å²) >= 11 is 0. The predicted octanol–water partition coefficient (Wildman–Crippen LogP) is 3.95. The lowest BCUT2D eigenvalue weighted by atomic mass is 10.00. The van der Waals surface area contributed by atoms with E-state index in [1.54, 1.807) is 24.3 Å². The van der Waals surface area contributed by atoms with Gasteiger partial charge in [-0.25, -0.2) is 13.4 Å². The van der Waals surface area contributed by atoms with Crippen molar-refractivity contribution in [2.45, 2.75) is 0 Å². The number of rotatable bonds is 3. The zero-order valence-corrected chi connectivity index (χ0v) is 19.4. The first-order chi connectivity index (χ1) is 16.7. The zero-order valence-electron chi connectivity index (χ0n) is 19.4. The summed E-state index contributed by atoms with van der Waals surface area (Å²) in [5.74, 6) is 0.645. The van der Waals surface area contributed by atoms with Gasteiger partial charge in [0, 0.05) is 17.7 Å². The molecule has 0 saturated heterocycles. The minimum Gasteiger partial charge on any atom is -1.00 e. The molecule has 0 aromatic heterocycles. The van der Waals surface area contributed by atoms with Crippen molar-refractivity contribution < 1.29 is 35.7 Å². The van der Waals surface area contributed by atoms with E-state index >= 15 is 0 Å². The molecule has 2 aliphatic rings. The molecule has 0 unspecified atom stereocenters. The van der Waals surface area contributed by atoms with E-state index in [1.807, 2.05) is 55.1 Å². The van der Waals surface area contributed by atoms with E-state index in [0.717, 1.165) is 28.0 Å². The third-order valence-electron chi connectivity index (χ3n) is 4.97. The second-order valence-electron chi connectivity index (χ2n) is 7.69. The second kappa shape index (κ2) is 13.2. The highest BCUT2D eigenvalue weighted by Crippen LogP contribution is 2.32.